The molecule has 60 valence electrons. The summed E-state index contributed by atoms with van der Waals surface area (Å²) in [5.41, 5.74) is 6.99. The van der Waals surface area contributed by atoms with Gasteiger partial charge in [-0.2, -0.15) is 0 Å². The molecule has 1 aliphatic heterocycles. The van der Waals surface area contributed by atoms with Gasteiger partial charge < -0.3 is 16.1 Å². The Kier molecular flexibility index (Phi) is 1.51. The average molecular weight is 161 g/mol. The summed E-state index contributed by atoms with van der Waals surface area (Å²) in [5.74, 6) is 0.251. The lowest BCUT2D eigenvalue weighted by molar-refractivity contribution is 0.588. The fourth-order valence-corrected chi connectivity index (χ4v) is 1.21. The van der Waals surface area contributed by atoms with Crippen LogP contribution in [-0.4, -0.2) is 18.0 Å². The van der Waals surface area contributed by atoms with Crippen molar-refractivity contribution >= 4 is 24.2 Å². The van der Waals surface area contributed by atoms with Crippen LogP contribution in [0.25, 0.3) is 0 Å². The van der Waals surface area contributed by atoms with Gasteiger partial charge in [-0.3, -0.25) is 4.90 Å². The first-order valence-corrected chi connectivity index (χ1v) is 3.64. The summed E-state index contributed by atoms with van der Waals surface area (Å²) in [5, 5.41) is 12.3. The van der Waals surface area contributed by atoms with Gasteiger partial charge in [0.25, 0.3) is 0 Å². The van der Waals surface area contributed by atoms with E-state index in [0.29, 0.717) is 0 Å². The Labute approximate surface area is 70.3 Å². The topological polar surface area (TPSA) is 70.6 Å². The second-order valence-corrected chi connectivity index (χ2v) is 2.60. The van der Waals surface area contributed by atoms with E-state index in [4.69, 9.17) is 5.73 Å². The molecule has 0 atom stereocenters. The average Bonchev–Trinajstić information content (AvgIpc) is 2.04. The summed E-state index contributed by atoms with van der Waals surface area (Å²) in [6.07, 6.45) is 0. The van der Waals surface area contributed by atoms with Crippen molar-refractivity contribution in [1.82, 2.24) is 0 Å². The smallest absolute Gasteiger partial charge is 0.427 e. The molecule has 0 spiro atoms. The Morgan fingerprint density at radius 1 is 1.42 bits per heavy atom. The molecule has 5 heteroatoms. The van der Waals surface area contributed by atoms with Crippen molar-refractivity contribution in [2.45, 2.75) is 0 Å². The van der Waals surface area contributed by atoms with E-state index in [2.05, 4.69) is 10.2 Å². The number of para-hydroxylation sites is 1. The van der Waals surface area contributed by atoms with Gasteiger partial charge in [0.1, 0.15) is 0 Å². The van der Waals surface area contributed by atoms with Crippen LogP contribution in [0.4, 0.5) is 5.69 Å². The Morgan fingerprint density at radius 2 is 2.17 bits per heavy atom. The monoisotopic (exact) mass is 161 g/mol. The highest BCUT2D eigenvalue weighted by Crippen LogP contribution is 2.07. The summed E-state index contributed by atoms with van der Waals surface area (Å²) < 4.78 is 0. The lowest BCUT2D eigenvalue weighted by Crippen LogP contribution is -2.41. The van der Waals surface area contributed by atoms with Crippen LogP contribution in [-0.2, 0) is 0 Å². The maximum absolute atomic E-state index is 9.42. The summed E-state index contributed by atoms with van der Waals surface area (Å²) in [4.78, 5) is 3.76. The first-order valence-electron chi connectivity index (χ1n) is 3.64. The third kappa shape index (κ3) is 1.04. The molecule has 4 nitrogen and oxygen atoms in total. The van der Waals surface area contributed by atoms with E-state index in [1.165, 1.54) is 0 Å². The van der Waals surface area contributed by atoms with E-state index >= 15 is 0 Å². The fourth-order valence-electron chi connectivity index (χ4n) is 1.21. The van der Waals surface area contributed by atoms with Crippen molar-refractivity contribution in [3.8, 4) is 0 Å². The SMILES string of the molecule is NC1=NB(O)c2ccccc2N1. The molecule has 0 fully saturated rings. The predicted octanol–water partition coefficient (Wildman–Crippen LogP) is -0.886. The second kappa shape index (κ2) is 2.53. The zero-order valence-electron chi connectivity index (χ0n) is 6.36. The van der Waals surface area contributed by atoms with Gasteiger partial charge in [-0.1, -0.05) is 18.2 Å². The van der Waals surface area contributed by atoms with Crippen LogP contribution in [0.2, 0.25) is 0 Å². The molecule has 0 unspecified atom stereocenters. The Hall–Kier alpha value is -1.49. The number of hydrogen-bond acceptors (Lipinski definition) is 4. The lowest BCUT2D eigenvalue weighted by atomic mass is 9.73. The van der Waals surface area contributed by atoms with Crippen LogP contribution in [0.15, 0.2) is 29.2 Å². The largest absolute Gasteiger partial charge is 0.472 e. The molecule has 0 saturated heterocycles. The molecule has 12 heavy (non-hydrogen) atoms. The number of nitrogens with two attached hydrogens (primary N) is 1. The number of anilines is 1. The first kappa shape index (κ1) is 7.18. The van der Waals surface area contributed by atoms with E-state index < -0.39 is 7.05 Å². The Morgan fingerprint density at radius 3 is 3.00 bits per heavy atom. The standard InChI is InChI=1S/C7H8BN3O/c9-7-10-6-4-2-1-3-5(6)8(12)11-7/h1-4,12H,(H3,9,10,11). The molecule has 0 aromatic heterocycles. The van der Waals surface area contributed by atoms with Gasteiger partial charge in [0.05, 0.1) is 0 Å². The third-order valence-corrected chi connectivity index (χ3v) is 1.76. The quantitative estimate of drug-likeness (QED) is 0.432. The highest BCUT2D eigenvalue weighted by atomic mass is 16.2. The molecule has 1 aromatic rings. The molecule has 1 aliphatic rings. The highest BCUT2D eigenvalue weighted by molar-refractivity contribution is 6.68. The zero-order valence-corrected chi connectivity index (χ0v) is 6.36. The normalized spacial score (nSPS) is 14.8. The number of hydrogen-bond donors (Lipinski definition) is 3. The minimum atomic E-state index is -0.831. The van der Waals surface area contributed by atoms with Crippen molar-refractivity contribution in [3.63, 3.8) is 0 Å². The Bertz CT molecular complexity index is 339. The van der Waals surface area contributed by atoms with Crippen molar-refractivity contribution in [1.29, 1.82) is 0 Å². The number of guanidine groups is 1. The van der Waals surface area contributed by atoms with E-state index in [0.717, 1.165) is 11.2 Å². The molecule has 2 rings (SSSR count). The molecule has 0 saturated carbocycles. The summed E-state index contributed by atoms with van der Waals surface area (Å²) in [6, 6.07) is 7.38. The predicted molar refractivity (Wildman–Crippen MR) is 49.3 cm³/mol. The van der Waals surface area contributed by atoms with Crippen molar-refractivity contribution in [2.24, 2.45) is 10.6 Å². The fraction of sp³-hybridized carbons (Fsp3) is 0. The molecule has 0 radical (unpaired) electrons. The number of rotatable bonds is 0. The number of nitrogens with zero attached hydrogens (tertiary/aromatic N) is 1. The van der Waals surface area contributed by atoms with Gasteiger partial charge in [-0.05, 0) is 11.5 Å². The molecular formula is C7H8BN3O. The number of nitrogens with one attached hydrogen (secondary N) is 1. The number of benzene rings is 1. The van der Waals surface area contributed by atoms with Gasteiger partial charge >= 0.3 is 7.05 Å². The van der Waals surface area contributed by atoms with Gasteiger partial charge in [0.15, 0.2) is 5.96 Å². The van der Waals surface area contributed by atoms with Crippen molar-refractivity contribution in [3.05, 3.63) is 24.3 Å². The Balaban J connectivity index is 2.48. The maximum Gasteiger partial charge on any atom is 0.472 e. The van der Waals surface area contributed by atoms with Crippen LogP contribution < -0.4 is 16.5 Å². The van der Waals surface area contributed by atoms with E-state index in [1.807, 2.05) is 24.3 Å². The lowest BCUT2D eigenvalue weighted by Gasteiger charge is -2.16. The molecule has 1 heterocycles. The number of fused-ring (bicyclic) bond motifs is 1. The van der Waals surface area contributed by atoms with Gasteiger partial charge in [0.2, 0.25) is 0 Å². The van der Waals surface area contributed by atoms with Crippen LogP contribution >= 0.6 is 0 Å². The third-order valence-electron chi connectivity index (χ3n) is 1.76. The second-order valence-electron chi connectivity index (χ2n) is 2.60. The minimum absolute atomic E-state index is 0.251. The summed E-state index contributed by atoms with van der Waals surface area (Å²) in [7, 11) is -0.831. The van der Waals surface area contributed by atoms with E-state index in [9.17, 15) is 5.02 Å². The van der Waals surface area contributed by atoms with Crippen LogP contribution in [0, 0.1) is 0 Å². The van der Waals surface area contributed by atoms with Gasteiger partial charge in [0, 0.05) is 5.69 Å². The molecule has 0 aliphatic carbocycles. The minimum Gasteiger partial charge on any atom is -0.427 e. The molecular weight excluding hydrogens is 153 g/mol. The van der Waals surface area contributed by atoms with Gasteiger partial charge in [-0.25, -0.2) is 0 Å². The van der Waals surface area contributed by atoms with Gasteiger partial charge in [-0.15, -0.1) is 0 Å². The van der Waals surface area contributed by atoms with Crippen LogP contribution in [0.1, 0.15) is 0 Å². The highest BCUT2D eigenvalue weighted by Gasteiger charge is 2.22. The van der Waals surface area contributed by atoms with Crippen LogP contribution in [0.5, 0.6) is 0 Å². The maximum atomic E-state index is 9.42. The van der Waals surface area contributed by atoms with E-state index in [1.54, 1.807) is 0 Å². The van der Waals surface area contributed by atoms with E-state index in [-0.39, 0.29) is 5.96 Å². The molecule has 4 N–H and O–H groups in total. The van der Waals surface area contributed by atoms with Crippen LogP contribution in [0.3, 0.4) is 0 Å². The molecule has 0 bridgehead atoms. The first-order chi connectivity index (χ1) is 5.77. The van der Waals surface area contributed by atoms with Crippen molar-refractivity contribution < 1.29 is 5.02 Å². The zero-order chi connectivity index (χ0) is 8.55. The van der Waals surface area contributed by atoms with Crippen molar-refractivity contribution in [2.75, 3.05) is 5.32 Å². The summed E-state index contributed by atoms with van der Waals surface area (Å²) in [6.45, 7) is 0. The molecule has 0 amide bonds. The summed E-state index contributed by atoms with van der Waals surface area (Å²) >= 11 is 0. The molecule has 1 aromatic carbocycles.